The van der Waals surface area contributed by atoms with Crippen molar-refractivity contribution in [2.45, 2.75) is 33.3 Å². The Balaban J connectivity index is 3.06. The molecule has 0 aliphatic carbocycles. The molecule has 4 heteroatoms. The fourth-order valence-electron chi connectivity index (χ4n) is 1.72. The number of hydrogen-bond acceptors (Lipinski definition) is 3. The van der Waals surface area contributed by atoms with Crippen molar-refractivity contribution >= 4 is 12.2 Å². The van der Waals surface area contributed by atoms with Gasteiger partial charge in [-0.3, -0.25) is 9.59 Å². The average Bonchev–Trinajstić information content (AvgIpc) is 2.27. The van der Waals surface area contributed by atoms with E-state index in [0.29, 0.717) is 17.7 Å². The molecule has 0 spiro atoms. The van der Waals surface area contributed by atoms with E-state index < -0.39 is 12.0 Å². The molecule has 4 nitrogen and oxygen atoms in total. The van der Waals surface area contributed by atoms with Crippen LogP contribution in [0, 0.1) is 13.8 Å². The summed E-state index contributed by atoms with van der Waals surface area (Å²) in [4.78, 5) is 21.8. The predicted octanol–water partition coefficient (Wildman–Crippen LogP) is 1.76. The zero-order valence-corrected chi connectivity index (χ0v) is 10.3. The minimum atomic E-state index is -0.630. The second-order valence-corrected chi connectivity index (χ2v) is 4.02. The Kier molecular flexibility index (Phi) is 4.26. The number of carbonyl (C=O) groups is 2. The van der Waals surface area contributed by atoms with Gasteiger partial charge in [0, 0.05) is 5.56 Å². The number of aryl methyl sites for hydroxylation is 2. The number of benzene rings is 1. The normalized spacial score (nSPS) is 11.9. The summed E-state index contributed by atoms with van der Waals surface area (Å²) in [5, 5.41) is 0. The fraction of sp³-hybridized carbons (Fsp3) is 0.385. The number of rotatable bonds is 5. The molecule has 2 N–H and O–H groups in total. The summed E-state index contributed by atoms with van der Waals surface area (Å²) in [6, 6.07) is 3.45. The summed E-state index contributed by atoms with van der Waals surface area (Å²) in [6.07, 6.45) is 0.674. The number of aldehydes is 1. The molecule has 0 bridgehead atoms. The number of amides is 1. The van der Waals surface area contributed by atoms with Crippen LogP contribution in [0.5, 0.6) is 5.75 Å². The standard InChI is InChI=1S/C13H17NO3/c1-4-11(13(14)16)17-12-8(2)5-10(7-15)6-9(12)3/h5-7,11H,4H2,1-3H3,(H2,14,16). The first kappa shape index (κ1) is 13.2. The van der Waals surface area contributed by atoms with E-state index in [1.807, 2.05) is 20.8 Å². The molecule has 1 unspecified atom stereocenters. The van der Waals surface area contributed by atoms with Crippen LogP contribution >= 0.6 is 0 Å². The van der Waals surface area contributed by atoms with E-state index in [9.17, 15) is 9.59 Å². The Morgan fingerprint density at radius 3 is 2.29 bits per heavy atom. The molecule has 0 heterocycles. The number of hydrogen-bond donors (Lipinski definition) is 1. The van der Waals surface area contributed by atoms with E-state index in [0.717, 1.165) is 17.4 Å². The Bertz CT molecular complexity index is 417. The Labute approximate surface area is 101 Å². The van der Waals surface area contributed by atoms with Gasteiger partial charge >= 0.3 is 0 Å². The highest BCUT2D eigenvalue weighted by Gasteiger charge is 2.17. The topological polar surface area (TPSA) is 69.4 Å². The number of primary amides is 1. The van der Waals surface area contributed by atoms with Crippen molar-refractivity contribution in [2.75, 3.05) is 0 Å². The van der Waals surface area contributed by atoms with Gasteiger partial charge in [0.25, 0.3) is 5.91 Å². The van der Waals surface area contributed by atoms with Crippen molar-refractivity contribution in [1.29, 1.82) is 0 Å². The summed E-state index contributed by atoms with van der Waals surface area (Å²) in [5.74, 6) is 0.145. The van der Waals surface area contributed by atoms with Crippen molar-refractivity contribution in [2.24, 2.45) is 5.73 Å². The van der Waals surface area contributed by atoms with E-state index >= 15 is 0 Å². The molecule has 17 heavy (non-hydrogen) atoms. The smallest absolute Gasteiger partial charge is 0.258 e. The van der Waals surface area contributed by atoms with E-state index in [4.69, 9.17) is 10.5 Å². The molecule has 92 valence electrons. The molecule has 0 aliphatic rings. The molecule has 1 aromatic carbocycles. The van der Waals surface area contributed by atoms with Gasteiger partial charge in [0.15, 0.2) is 6.10 Å². The summed E-state index contributed by atoms with van der Waals surface area (Å²) in [7, 11) is 0. The minimum Gasteiger partial charge on any atom is -0.480 e. The first-order valence-corrected chi connectivity index (χ1v) is 5.52. The van der Waals surface area contributed by atoms with Gasteiger partial charge in [-0.2, -0.15) is 0 Å². The molecule has 1 aromatic rings. The lowest BCUT2D eigenvalue weighted by molar-refractivity contribution is -0.124. The maximum Gasteiger partial charge on any atom is 0.258 e. The van der Waals surface area contributed by atoms with Crippen molar-refractivity contribution < 1.29 is 14.3 Å². The van der Waals surface area contributed by atoms with E-state index in [-0.39, 0.29) is 0 Å². The number of nitrogens with two attached hydrogens (primary N) is 1. The number of carbonyl (C=O) groups excluding carboxylic acids is 2. The zero-order chi connectivity index (χ0) is 13.0. The fourth-order valence-corrected chi connectivity index (χ4v) is 1.72. The van der Waals surface area contributed by atoms with Crippen LogP contribution in [-0.4, -0.2) is 18.3 Å². The van der Waals surface area contributed by atoms with Gasteiger partial charge in [-0.1, -0.05) is 6.92 Å². The largest absolute Gasteiger partial charge is 0.480 e. The molecular weight excluding hydrogens is 218 g/mol. The van der Waals surface area contributed by atoms with Crippen LogP contribution in [0.2, 0.25) is 0 Å². The molecule has 0 aromatic heterocycles. The average molecular weight is 235 g/mol. The van der Waals surface area contributed by atoms with E-state index in [1.54, 1.807) is 12.1 Å². The lowest BCUT2D eigenvalue weighted by Gasteiger charge is -2.18. The monoisotopic (exact) mass is 235 g/mol. The van der Waals surface area contributed by atoms with Gasteiger partial charge in [-0.25, -0.2) is 0 Å². The van der Waals surface area contributed by atoms with Gasteiger partial charge < -0.3 is 10.5 Å². The second kappa shape index (κ2) is 5.48. The van der Waals surface area contributed by atoms with Crippen LogP contribution in [0.1, 0.15) is 34.8 Å². The van der Waals surface area contributed by atoms with Crippen molar-refractivity contribution in [1.82, 2.24) is 0 Å². The molecule has 0 fully saturated rings. The maximum absolute atomic E-state index is 11.1. The summed E-state index contributed by atoms with van der Waals surface area (Å²) in [5.41, 5.74) is 7.48. The van der Waals surface area contributed by atoms with E-state index in [1.165, 1.54) is 0 Å². The van der Waals surface area contributed by atoms with Crippen molar-refractivity contribution in [3.8, 4) is 5.75 Å². The Hall–Kier alpha value is -1.84. The molecule has 1 rings (SSSR count). The third-order valence-electron chi connectivity index (χ3n) is 2.57. The van der Waals surface area contributed by atoms with Crippen LogP contribution in [0.3, 0.4) is 0 Å². The van der Waals surface area contributed by atoms with Gasteiger partial charge in [0.05, 0.1) is 0 Å². The summed E-state index contributed by atoms with van der Waals surface area (Å²) < 4.78 is 5.60. The van der Waals surface area contributed by atoms with Crippen LogP contribution in [0.4, 0.5) is 0 Å². The van der Waals surface area contributed by atoms with Gasteiger partial charge in [-0.05, 0) is 43.5 Å². The molecule has 0 radical (unpaired) electrons. The first-order chi connectivity index (χ1) is 7.99. The highest BCUT2D eigenvalue weighted by Crippen LogP contribution is 2.25. The van der Waals surface area contributed by atoms with Gasteiger partial charge in [0.1, 0.15) is 12.0 Å². The third kappa shape index (κ3) is 3.06. The Morgan fingerprint density at radius 2 is 1.94 bits per heavy atom. The predicted molar refractivity (Wildman–Crippen MR) is 65.2 cm³/mol. The molecule has 1 atom stereocenters. The van der Waals surface area contributed by atoms with Crippen molar-refractivity contribution in [3.05, 3.63) is 28.8 Å². The number of ether oxygens (including phenoxy) is 1. The second-order valence-electron chi connectivity index (χ2n) is 4.02. The van der Waals surface area contributed by atoms with Gasteiger partial charge in [0.2, 0.25) is 0 Å². The molecule has 0 aliphatic heterocycles. The third-order valence-corrected chi connectivity index (χ3v) is 2.57. The molecule has 0 saturated carbocycles. The highest BCUT2D eigenvalue weighted by molar-refractivity contribution is 5.79. The maximum atomic E-state index is 11.1. The van der Waals surface area contributed by atoms with Crippen LogP contribution in [0.25, 0.3) is 0 Å². The lowest BCUT2D eigenvalue weighted by Crippen LogP contribution is -2.33. The SMILES string of the molecule is CCC(Oc1c(C)cc(C=O)cc1C)C(N)=O. The molecular formula is C13H17NO3. The lowest BCUT2D eigenvalue weighted by atomic mass is 10.1. The highest BCUT2D eigenvalue weighted by atomic mass is 16.5. The van der Waals surface area contributed by atoms with E-state index in [2.05, 4.69) is 0 Å². The Morgan fingerprint density at radius 1 is 1.41 bits per heavy atom. The van der Waals surface area contributed by atoms with Crippen LogP contribution in [-0.2, 0) is 4.79 Å². The summed E-state index contributed by atoms with van der Waals surface area (Å²) in [6.45, 7) is 5.51. The minimum absolute atomic E-state index is 0.481. The first-order valence-electron chi connectivity index (χ1n) is 5.52. The van der Waals surface area contributed by atoms with Crippen LogP contribution < -0.4 is 10.5 Å². The van der Waals surface area contributed by atoms with Gasteiger partial charge in [-0.15, -0.1) is 0 Å². The molecule has 1 amide bonds. The van der Waals surface area contributed by atoms with Crippen LogP contribution in [0.15, 0.2) is 12.1 Å². The quantitative estimate of drug-likeness (QED) is 0.790. The van der Waals surface area contributed by atoms with Crippen molar-refractivity contribution in [3.63, 3.8) is 0 Å². The summed E-state index contributed by atoms with van der Waals surface area (Å²) >= 11 is 0. The zero-order valence-electron chi connectivity index (χ0n) is 10.3. The molecule has 0 saturated heterocycles.